The van der Waals surface area contributed by atoms with Gasteiger partial charge in [-0.1, -0.05) is 30.3 Å². The SMILES string of the molecule is O=C1CCc2cc(S(=O)(=O)NC[C@@H]3CCN(Cc4ccccc4)C3)ccc2N1. The van der Waals surface area contributed by atoms with Crippen LogP contribution >= 0.6 is 0 Å². The molecule has 1 fully saturated rings. The zero-order valence-electron chi connectivity index (χ0n) is 15.7. The summed E-state index contributed by atoms with van der Waals surface area (Å²) in [5, 5.41) is 2.78. The van der Waals surface area contributed by atoms with E-state index in [1.54, 1.807) is 18.2 Å². The van der Waals surface area contributed by atoms with Crippen LogP contribution in [0.2, 0.25) is 0 Å². The third-order valence-corrected chi connectivity index (χ3v) is 6.88. The van der Waals surface area contributed by atoms with Gasteiger partial charge in [-0.2, -0.15) is 0 Å². The molecule has 7 heteroatoms. The summed E-state index contributed by atoms with van der Waals surface area (Å²) >= 11 is 0. The second kappa shape index (κ2) is 8.03. The zero-order chi connectivity index (χ0) is 19.6. The summed E-state index contributed by atoms with van der Waals surface area (Å²) in [5.41, 5.74) is 2.87. The smallest absolute Gasteiger partial charge is 0.240 e. The molecule has 0 unspecified atom stereocenters. The summed E-state index contributed by atoms with van der Waals surface area (Å²) in [6.07, 6.45) is 1.95. The van der Waals surface area contributed by atoms with Crippen molar-refractivity contribution in [3.63, 3.8) is 0 Å². The van der Waals surface area contributed by atoms with Crippen LogP contribution in [-0.4, -0.2) is 38.9 Å². The first-order chi connectivity index (χ1) is 13.5. The molecule has 2 aliphatic rings. The molecule has 0 radical (unpaired) electrons. The fraction of sp³-hybridized carbons (Fsp3) is 0.381. The standard InChI is InChI=1S/C21H25N3O3S/c25-21-9-6-18-12-19(7-8-20(18)23-21)28(26,27)22-13-17-10-11-24(15-17)14-16-4-2-1-3-5-16/h1-5,7-8,12,17,22H,6,9-11,13-15H2,(H,23,25)/t17-/m0/s1. The van der Waals surface area contributed by atoms with E-state index in [1.807, 2.05) is 18.2 Å². The maximum absolute atomic E-state index is 12.7. The number of fused-ring (bicyclic) bond motifs is 1. The van der Waals surface area contributed by atoms with E-state index in [-0.39, 0.29) is 10.8 Å². The minimum Gasteiger partial charge on any atom is -0.326 e. The van der Waals surface area contributed by atoms with Gasteiger partial charge in [0.15, 0.2) is 0 Å². The molecule has 0 aromatic heterocycles. The maximum atomic E-state index is 12.7. The van der Waals surface area contributed by atoms with Gasteiger partial charge in [-0.25, -0.2) is 13.1 Å². The number of amides is 1. The molecule has 1 amide bonds. The fourth-order valence-corrected chi connectivity index (χ4v) is 5.07. The van der Waals surface area contributed by atoms with E-state index in [1.165, 1.54) is 5.56 Å². The highest BCUT2D eigenvalue weighted by molar-refractivity contribution is 7.89. The second-order valence-electron chi connectivity index (χ2n) is 7.59. The molecule has 2 N–H and O–H groups in total. The van der Waals surface area contributed by atoms with E-state index in [4.69, 9.17) is 0 Å². The Morgan fingerprint density at radius 3 is 2.75 bits per heavy atom. The summed E-state index contributed by atoms with van der Waals surface area (Å²) in [6.45, 7) is 3.23. The predicted molar refractivity (Wildman–Crippen MR) is 108 cm³/mol. The summed E-state index contributed by atoms with van der Waals surface area (Å²) in [4.78, 5) is 14.1. The van der Waals surface area contributed by atoms with Crippen LogP contribution < -0.4 is 10.0 Å². The molecular formula is C21H25N3O3S. The molecule has 0 spiro atoms. The van der Waals surface area contributed by atoms with E-state index in [9.17, 15) is 13.2 Å². The average molecular weight is 400 g/mol. The van der Waals surface area contributed by atoms with E-state index in [0.717, 1.165) is 31.6 Å². The predicted octanol–water partition coefficient (Wildman–Crippen LogP) is 2.37. The van der Waals surface area contributed by atoms with E-state index < -0.39 is 10.0 Å². The first-order valence-corrected chi connectivity index (χ1v) is 11.2. The van der Waals surface area contributed by atoms with Crippen molar-refractivity contribution in [1.29, 1.82) is 0 Å². The number of likely N-dealkylation sites (tertiary alicyclic amines) is 1. The van der Waals surface area contributed by atoms with Gasteiger partial charge in [0.2, 0.25) is 15.9 Å². The van der Waals surface area contributed by atoms with Crippen molar-refractivity contribution in [3.05, 3.63) is 59.7 Å². The summed E-state index contributed by atoms with van der Waals surface area (Å²) in [5.74, 6) is 0.290. The Morgan fingerprint density at radius 2 is 1.93 bits per heavy atom. The number of nitrogens with one attached hydrogen (secondary N) is 2. The van der Waals surface area contributed by atoms with Crippen LogP contribution in [-0.2, 0) is 27.8 Å². The number of hydrogen-bond acceptors (Lipinski definition) is 4. The number of benzene rings is 2. The average Bonchev–Trinajstić information content (AvgIpc) is 3.14. The topological polar surface area (TPSA) is 78.5 Å². The van der Waals surface area contributed by atoms with Gasteiger partial charge >= 0.3 is 0 Å². The number of sulfonamides is 1. The van der Waals surface area contributed by atoms with Crippen molar-refractivity contribution in [1.82, 2.24) is 9.62 Å². The van der Waals surface area contributed by atoms with Crippen LogP contribution in [0.3, 0.4) is 0 Å². The first kappa shape index (κ1) is 19.1. The number of aryl methyl sites for hydroxylation is 1. The quantitative estimate of drug-likeness (QED) is 0.782. The Morgan fingerprint density at radius 1 is 1.11 bits per heavy atom. The molecular weight excluding hydrogens is 374 g/mol. The lowest BCUT2D eigenvalue weighted by Crippen LogP contribution is -2.31. The Labute approximate surface area is 166 Å². The van der Waals surface area contributed by atoms with E-state index in [0.29, 0.717) is 31.0 Å². The molecule has 2 aromatic rings. The minimum absolute atomic E-state index is 0.0254. The van der Waals surface area contributed by atoms with Gasteiger partial charge in [0.05, 0.1) is 4.90 Å². The molecule has 0 bridgehead atoms. The largest absolute Gasteiger partial charge is 0.326 e. The fourth-order valence-electron chi connectivity index (χ4n) is 3.90. The van der Waals surface area contributed by atoms with Crippen molar-refractivity contribution < 1.29 is 13.2 Å². The van der Waals surface area contributed by atoms with Gasteiger partial charge in [-0.05, 0) is 54.6 Å². The molecule has 1 atom stereocenters. The third-order valence-electron chi connectivity index (χ3n) is 5.46. The summed E-state index contributed by atoms with van der Waals surface area (Å²) in [6, 6.07) is 15.2. The lowest BCUT2D eigenvalue weighted by Gasteiger charge is -2.18. The molecule has 2 heterocycles. The highest BCUT2D eigenvalue weighted by Gasteiger charge is 2.25. The zero-order valence-corrected chi connectivity index (χ0v) is 16.5. The number of nitrogens with zero attached hydrogens (tertiary/aromatic N) is 1. The maximum Gasteiger partial charge on any atom is 0.240 e. The van der Waals surface area contributed by atoms with Crippen LogP contribution in [0.25, 0.3) is 0 Å². The molecule has 4 rings (SSSR count). The third kappa shape index (κ3) is 4.43. The van der Waals surface area contributed by atoms with Crippen LogP contribution in [0.5, 0.6) is 0 Å². The van der Waals surface area contributed by atoms with Crippen molar-refractivity contribution >= 4 is 21.6 Å². The molecule has 1 saturated heterocycles. The molecule has 6 nitrogen and oxygen atoms in total. The van der Waals surface area contributed by atoms with Crippen molar-refractivity contribution in [2.24, 2.45) is 5.92 Å². The monoisotopic (exact) mass is 399 g/mol. The molecule has 0 aliphatic carbocycles. The van der Waals surface area contributed by atoms with Gasteiger partial charge in [-0.15, -0.1) is 0 Å². The van der Waals surface area contributed by atoms with Crippen molar-refractivity contribution in [2.45, 2.75) is 30.7 Å². The Hall–Kier alpha value is -2.22. The van der Waals surface area contributed by atoms with Gasteiger partial charge in [-0.3, -0.25) is 9.69 Å². The summed E-state index contributed by atoms with van der Waals surface area (Å²) < 4.78 is 28.2. The molecule has 2 aromatic carbocycles. The van der Waals surface area contributed by atoms with Crippen LogP contribution in [0.15, 0.2) is 53.4 Å². The number of rotatable bonds is 6. The van der Waals surface area contributed by atoms with E-state index >= 15 is 0 Å². The van der Waals surface area contributed by atoms with Gasteiger partial charge in [0.1, 0.15) is 0 Å². The number of carbonyl (C=O) groups is 1. The van der Waals surface area contributed by atoms with Crippen LogP contribution in [0.4, 0.5) is 5.69 Å². The highest BCUT2D eigenvalue weighted by Crippen LogP contribution is 2.26. The van der Waals surface area contributed by atoms with Crippen molar-refractivity contribution in [2.75, 3.05) is 25.0 Å². The highest BCUT2D eigenvalue weighted by atomic mass is 32.2. The summed E-state index contributed by atoms with van der Waals surface area (Å²) in [7, 11) is -3.55. The van der Waals surface area contributed by atoms with Gasteiger partial charge < -0.3 is 5.32 Å². The second-order valence-corrected chi connectivity index (χ2v) is 9.36. The van der Waals surface area contributed by atoms with Crippen LogP contribution in [0, 0.1) is 5.92 Å². The normalized spacial score (nSPS) is 20.0. The first-order valence-electron chi connectivity index (χ1n) is 9.68. The Balaban J connectivity index is 1.34. The number of carbonyl (C=O) groups excluding carboxylic acids is 1. The molecule has 28 heavy (non-hydrogen) atoms. The van der Waals surface area contributed by atoms with Gasteiger partial charge in [0.25, 0.3) is 0 Å². The van der Waals surface area contributed by atoms with E-state index in [2.05, 4.69) is 27.1 Å². The van der Waals surface area contributed by atoms with Crippen LogP contribution in [0.1, 0.15) is 24.0 Å². The van der Waals surface area contributed by atoms with Gasteiger partial charge in [0, 0.05) is 31.7 Å². The molecule has 2 aliphatic heterocycles. The number of hydrogen-bond donors (Lipinski definition) is 2. The molecule has 148 valence electrons. The lowest BCUT2D eigenvalue weighted by molar-refractivity contribution is -0.116. The minimum atomic E-state index is -3.55. The lowest BCUT2D eigenvalue weighted by atomic mass is 10.0. The number of anilines is 1. The van der Waals surface area contributed by atoms with Crippen molar-refractivity contribution in [3.8, 4) is 0 Å². The Kier molecular flexibility index (Phi) is 5.48. The Bertz CT molecular complexity index is 960. The molecule has 0 saturated carbocycles.